The van der Waals surface area contributed by atoms with Gasteiger partial charge in [0.25, 0.3) is 5.91 Å². The quantitative estimate of drug-likeness (QED) is 0.289. The van der Waals surface area contributed by atoms with Crippen LogP contribution in [0.5, 0.6) is 5.75 Å². The average Bonchev–Trinajstić information content (AvgIpc) is 3.59. The lowest BCUT2D eigenvalue weighted by Gasteiger charge is -2.19. The summed E-state index contributed by atoms with van der Waals surface area (Å²) < 4.78 is 19.9. The van der Waals surface area contributed by atoms with Crippen molar-refractivity contribution in [3.8, 4) is 5.75 Å². The van der Waals surface area contributed by atoms with Crippen LogP contribution in [0.4, 0.5) is 4.39 Å². The van der Waals surface area contributed by atoms with Gasteiger partial charge in [0.05, 0.1) is 12.6 Å². The molecule has 174 valence electrons. The Morgan fingerprint density at radius 1 is 1.22 bits per heavy atom. The zero-order chi connectivity index (χ0) is 22.4. The van der Waals surface area contributed by atoms with Crippen LogP contribution in [0.3, 0.4) is 0 Å². The molecule has 0 aromatic heterocycles. The molecule has 1 unspecified atom stereocenters. The van der Waals surface area contributed by atoms with Crippen LogP contribution in [0.25, 0.3) is 0 Å². The highest BCUT2D eigenvalue weighted by Gasteiger charge is 2.22. The Kier molecular flexibility index (Phi) is 9.74. The summed E-state index contributed by atoms with van der Waals surface area (Å²) in [6.45, 7) is 3.09. The number of hydrogen-bond acceptors (Lipinski definition) is 3. The van der Waals surface area contributed by atoms with E-state index in [1.165, 1.54) is 18.9 Å². The van der Waals surface area contributed by atoms with Crippen molar-refractivity contribution in [1.29, 1.82) is 0 Å². The third-order valence-corrected chi connectivity index (χ3v) is 5.27. The lowest BCUT2D eigenvalue weighted by molar-refractivity contribution is 0.0827. The SMILES string of the molecule is CN=C(NCc1ccc(C(=O)N(C)C)cc1)NC(C)c1ccc(OCC2CC2)c(F)c1.I. The lowest BCUT2D eigenvalue weighted by atomic mass is 10.1. The Balaban J connectivity index is 0.00000363. The Hall–Kier alpha value is -2.36. The highest BCUT2D eigenvalue weighted by molar-refractivity contribution is 14.0. The van der Waals surface area contributed by atoms with Crippen molar-refractivity contribution >= 4 is 35.8 Å². The van der Waals surface area contributed by atoms with Crippen LogP contribution in [-0.4, -0.2) is 44.5 Å². The normalized spacial score (nSPS) is 14.2. The molecule has 2 N–H and O–H groups in total. The second kappa shape index (κ2) is 12.0. The third kappa shape index (κ3) is 7.36. The van der Waals surface area contributed by atoms with E-state index in [1.807, 2.05) is 37.3 Å². The van der Waals surface area contributed by atoms with Crippen LogP contribution in [0.2, 0.25) is 0 Å². The minimum absolute atomic E-state index is 0. The van der Waals surface area contributed by atoms with Gasteiger partial charge in [-0.1, -0.05) is 18.2 Å². The molecule has 1 aliphatic rings. The van der Waals surface area contributed by atoms with Crippen molar-refractivity contribution in [2.75, 3.05) is 27.7 Å². The van der Waals surface area contributed by atoms with Crippen LogP contribution < -0.4 is 15.4 Å². The predicted molar refractivity (Wildman–Crippen MR) is 136 cm³/mol. The molecule has 6 nitrogen and oxygen atoms in total. The fourth-order valence-corrected chi connectivity index (χ4v) is 3.09. The predicted octanol–water partition coefficient (Wildman–Crippen LogP) is 4.36. The van der Waals surface area contributed by atoms with Gasteiger partial charge in [-0.2, -0.15) is 0 Å². The summed E-state index contributed by atoms with van der Waals surface area (Å²) in [4.78, 5) is 17.8. The van der Waals surface area contributed by atoms with Gasteiger partial charge in [-0.3, -0.25) is 9.79 Å². The zero-order valence-corrected chi connectivity index (χ0v) is 21.4. The summed E-state index contributed by atoms with van der Waals surface area (Å²) in [5.74, 6) is 1.12. The largest absolute Gasteiger partial charge is 0.490 e. The van der Waals surface area contributed by atoms with Crippen LogP contribution in [0, 0.1) is 11.7 Å². The van der Waals surface area contributed by atoms with E-state index in [-0.39, 0.29) is 41.7 Å². The van der Waals surface area contributed by atoms with E-state index in [4.69, 9.17) is 4.74 Å². The first kappa shape index (κ1) is 25.9. The number of nitrogens with one attached hydrogen (secondary N) is 2. The van der Waals surface area contributed by atoms with Gasteiger partial charge in [0.2, 0.25) is 0 Å². The smallest absolute Gasteiger partial charge is 0.253 e. The van der Waals surface area contributed by atoms with Crippen molar-refractivity contribution < 1.29 is 13.9 Å². The Morgan fingerprint density at radius 2 is 1.91 bits per heavy atom. The summed E-state index contributed by atoms with van der Waals surface area (Å²) in [5, 5.41) is 6.52. The molecule has 0 bridgehead atoms. The first-order chi connectivity index (χ1) is 14.9. The topological polar surface area (TPSA) is 66.0 Å². The number of ether oxygens (including phenoxy) is 1. The van der Waals surface area contributed by atoms with Gasteiger partial charge >= 0.3 is 0 Å². The van der Waals surface area contributed by atoms with Crippen molar-refractivity contribution in [1.82, 2.24) is 15.5 Å². The Labute approximate surface area is 206 Å². The molecule has 1 fully saturated rings. The molecule has 1 atom stereocenters. The monoisotopic (exact) mass is 554 g/mol. The molecule has 2 aromatic carbocycles. The minimum atomic E-state index is -0.345. The van der Waals surface area contributed by atoms with Crippen molar-refractivity contribution in [3.63, 3.8) is 0 Å². The van der Waals surface area contributed by atoms with Gasteiger partial charge in [0, 0.05) is 33.3 Å². The standard InChI is InChI=1S/C24H31FN4O2.HI/c1-16(20-11-12-22(21(25)13-20)31-15-18-5-6-18)28-24(26-2)27-14-17-7-9-19(10-8-17)23(30)29(3)4;/h7-13,16,18H,5-6,14-15H2,1-4H3,(H2,26,27,28);1H. The molecule has 1 saturated carbocycles. The number of nitrogens with zero attached hydrogens (tertiary/aromatic N) is 2. The van der Waals surface area contributed by atoms with Gasteiger partial charge in [-0.05, 0) is 61.1 Å². The maximum atomic E-state index is 14.4. The molecule has 2 aromatic rings. The number of carbonyl (C=O) groups excluding carboxylic acids is 1. The molecular weight excluding hydrogens is 522 g/mol. The minimum Gasteiger partial charge on any atom is -0.490 e. The Bertz CT molecular complexity index is 930. The molecule has 0 aliphatic heterocycles. The molecule has 0 heterocycles. The third-order valence-electron chi connectivity index (χ3n) is 5.27. The first-order valence-electron chi connectivity index (χ1n) is 10.6. The van der Waals surface area contributed by atoms with Gasteiger partial charge in [0.1, 0.15) is 0 Å². The van der Waals surface area contributed by atoms with E-state index in [0.717, 1.165) is 11.1 Å². The van der Waals surface area contributed by atoms with Crippen molar-refractivity contribution in [3.05, 3.63) is 65.0 Å². The summed E-state index contributed by atoms with van der Waals surface area (Å²) in [6.07, 6.45) is 2.34. The van der Waals surface area contributed by atoms with Gasteiger partial charge in [-0.25, -0.2) is 4.39 Å². The van der Waals surface area contributed by atoms with E-state index in [0.29, 0.717) is 36.3 Å². The number of hydrogen-bond donors (Lipinski definition) is 2. The van der Waals surface area contributed by atoms with E-state index in [9.17, 15) is 9.18 Å². The number of halogens is 2. The van der Waals surface area contributed by atoms with Crippen molar-refractivity contribution in [2.24, 2.45) is 10.9 Å². The molecule has 3 rings (SSSR count). The number of carbonyl (C=O) groups is 1. The fourth-order valence-electron chi connectivity index (χ4n) is 3.09. The molecule has 0 spiro atoms. The highest BCUT2D eigenvalue weighted by Crippen LogP contribution is 2.30. The molecule has 0 radical (unpaired) electrons. The first-order valence-corrected chi connectivity index (χ1v) is 10.6. The number of rotatable bonds is 8. The molecule has 1 amide bonds. The summed E-state index contributed by atoms with van der Waals surface area (Å²) in [7, 11) is 5.15. The molecule has 32 heavy (non-hydrogen) atoms. The maximum Gasteiger partial charge on any atom is 0.253 e. The van der Waals surface area contributed by atoms with E-state index in [1.54, 1.807) is 32.1 Å². The second-order valence-electron chi connectivity index (χ2n) is 8.13. The van der Waals surface area contributed by atoms with Gasteiger partial charge in [0.15, 0.2) is 17.5 Å². The van der Waals surface area contributed by atoms with E-state index >= 15 is 0 Å². The number of aliphatic imine (C=N–C) groups is 1. The van der Waals surface area contributed by atoms with E-state index in [2.05, 4.69) is 15.6 Å². The van der Waals surface area contributed by atoms with Crippen LogP contribution in [-0.2, 0) is 6.54 Å². The summed E-state index contributed by atoms with van der Waals surface area (Å²) >= 11 is 0. The van der Waals surface area contributed by atoms with Crippen LogP contribution in [0.15, 0.2) is 47.5 Å². The van der Waals surface area contributed by atoms with E-state index < -0.39 is 0 Å². The Morgan fingerprint density at radius 3 is 2.47 bits per heavy atom. The lowest BCUT2D eigenvalue weighted by Crippen LogP contribution is -2.38. The molecule has 0 saturated heterocycles. The summed E-state index contributed by atoms with van der Waals surface area (Å²) in [6, 6.07) is 12.4. The second-order valence-corrected chi connectivity index (χ2v) is 8.13. The maximum absolute atomic E-state index is 14.4. The zero-order valence-electron chi connectivity index (χ0n) is 19.0. The van der Waals surface area contributed by atoms with Gasteiger partial charge < -0.3 is 20.3 Å². The van der Waals surface area contributed by atoms with Gasteiger partial charge in [-0.15, -0.1) is 24.0 Å². The number of amides is 1. The number of benzene rings is 2. The molecule has 8 heteroatoms. The average molecular weight is 554 g/mol. The molecular formula is C24H32FIN4O2. The fraction of sp³-hybridized carbons (Fsp3) is 0.417. The van der Waals surface area contributed by atoms with Crippen molar-refractivity contribution in [2.45, 2.75) is 32.4 Å². The number of guanidine groups is 1. The van der Waals surface area contributed by atoms with Crippen LogP contribution in [0.1, 0.15) is 47.3 Å². The van der Waals surface area contributed by atoms with Crippen LogP contribution >= 0.6 is 24.0 Å². The molecule has 1 aliphatic carbocycles. The highest BCUT2D eigenvalue weighted by atomic mass is 127. The summed E-state index contributed by atoms with van der Waals surface area (Å²) in [5.41, 5.74) is 2.48.